The molecule has 1 heterocycles. The number of aromatic nitrogens is 1. The first-order valence-electron chi connectivity index (χ1n) is 7.02. The molecule has 0 unspecified atom stereocenters. The van der Waals surface area contributed by atoms with Crippen LogP contribution in [0.4, 0.5) is 0 Å². The Labute approximate surface area is 115 Å². The minimum Gasteiger partial charge on any atom is -0.381 e. The summed E-state index contributed by atoms with van der Waals surface area (Å²) in [6.07, 6.45) is 5.93. The lowest BCUT2D eigenvalue weighted by Crippen LogP contribution is -2.15. The molecular weight excluding hydrogens is 244 g/mol. The molecule has 0 atom stereocenters. The lowest BCUT2D eigenvalue weighted by atomic mass is 10.2. The van der Waals surface area contributed by atoms with Crippen molar-refractivity contribution in [2.75, 3.05) is 26.3 Å². The van der Waals surface area contributed by atoms with Gasteiger partial charge in [-0.3, -0.25) is 0 Å². The van der Waals surface area contributed by atoms with Gasteiger partial charge in [0.25, 0.3) is 0 Å². The van der Waals surface area contributed by atoms with E-state index >= 15 is 0 Å². The van der Waals surface area contributed by atoms with E-state index < -0.39 is 0 Å². The van der Waals surface area contributed by atoms with Crippen LogP contribution in [-0.2, 0) is 11.2 Å². The first-order valence-corrected chi connectivity index (χ1v) is 7.90. The highest BCUT2D eigenvalue weighted by Gasteiger charge is 2.00. The fraction of sp³-hybridized carbons (Fsp3) is 0.786. The first-order chi connectivity index (χ1) is 8.84. The molecule has 0 aliphatic rings. The number of rotatable bonds is 11. The second-order valence-electron chi connectivity index (χ2n) is 4.53. The normalized spacial score (nSPS) is 11.0. The number of hydrogen-bond donors (Lipinski definition) is 1. The van der Waals surface area contributed by atoms with Crippen molar-refractivity contribution in [2.45, 2.75) is 46.0 Å². The van der Waals surface area contributed by atoms with Crippen molar-refractivity contribution in [3.05, 3.63) is 16.1 Å². The van der Waals surface area contributed by atoms with Crippen LogP contribution in [0.3, 0.4) is 0 Å². The van der Waals surface area contributed by atoms with Gasteiger partial charge in [0, 0.05) is 17.9 Å². The van der Waals surface area contributed by atoms with Gasteiger partial charge in [0.05, 0.1) is 17.8 Å². The van der Waals surface area contributed by atoms with Gasteiger partial charge in [-0.25, -0.2) is 4.98 Å². The molecule has 3 nitrogen and oxygen atoms in total. The predicted molar refractivity (Wildman–Crippen MR) is 78.4 cm³/mol. The zero-order chi connectivity index (χ0) is 13.1. The van der Waals surface area contributed by atoms with Gasteiger partial charge in [0.2, 0.25) is 0 Å². The molecule has 4 heteroatoms. The average molecular weight is 270 g/mol. The molecule has 0 fully saturated rings. The Bertz CT molecular complexity index is 302. The largest absolute Gasteiger partial charge is 0.381 e. The summed E-state index contributed by atoms with van der Waals surface area (Å²) in [7, 11) is 0. The Morgan fingerprint density at radius 1 is 1.22 bits per heavy atom. The van der Waals surface area contributed by atoms with Crippen LogP contribution in [-0.4, -0.2) is 31.3 Å². The fourth-order valence-corrected chi connectivity index (χ4v) is 2.53. The summed E-state index contributed by atoms with van der Waals surface area (Å²) in [5.74, 6) is 0. The van der Waals surface area contributed by atoms with Crippen LogP contribution >= 0.6 is 11.3 Å². The second kappa shape index (κ2) is 10.5. The predicted octanol–water partition coefficient (Wildman–Crippen LogP) is 3.18. The summed E-state index contributed by atoms with van der Waals surface area (Å²) in [6, 6.07) is 0. The number of nitrogens with one attached hydrogen (secondary N) is 1. The van der Waals surface area contributed by atoms with Crippen molar-refractivity contribution in [1.29, 1.82) is 0 Å². The number of unbranched alkanes of at least 4 members (excludes halogenated alkanes) is 2. The molecule has 1 N–H and O–H groups in total. The van der Waals surface area contributed by atoms with Crippen LogP contribution in [0.1, 0.15) is 43.2 Å². The van der Waals surface area contributed by atoms with Crippen molar-refractivity contribution in [3.8, 4) is 0 Å². The van der Waals surface area contributed by atoms with E-state index in [1.807, 2.05) is 5.51 Å². The topological polar surface area (TPSA) is 34.1 Å². The Morgan fingerprint density at radius 3 is 2.83 bits per heavy atom. The number of aryl methyl sites for hydroxylation is 1. The maximum Gasteiger partial charge on any atom is 0.0797 e. The van der Waals surface area contributed by atoms with Crippen LogP contribution < -0.4 is 5.32 Å². The highest BCUT2D eigenvalue weighted by molar-refractivity contribution is 7.09. The molecule has 104 valence electrons. The smallest absolute Gasteiger partial charge is 0.0797 e. The summed E-state index contributed by atoms with van der Waals surface area (Å²) in [5, 5.41) is 3.42. The van der Waals surface area contributed by atoms with E-state index in [1.165, 1.54) is 30.6 Å². The van der Waals surface area contributed by atoms with E-state index in [-0.39, 0.29) is 0 Å². The van der Waals surface area contributed by atoms with Gasteiger partial charge >= 0.3 is 0 Å². The van der Waals surface area contributed by atoms with Crippen LogP contribution in [0.5, 0.6) is 0 Å². The minimum absolute atomic E-state index is 0.830. The highest BCUT2D eigenvalue weighted by Crippen LogP contribution is 2.12. The molecule has 18 heavy (non-hydrogen) atoms. The number of thiazole rings is 1. The molecule has 0 aliphatic carbocycles. The third-order valence-electron chi connectivity index (χ3n) is 2.89. The summed E-state index contributed by atoms with van der Waals surface area (Å²) in [6.45, 7) is 8.28. The highest BCUT2D eigenvalue weighted by atomic mass is 32.1. The van der Waals surface area contributed by atoms with Crippen molar-refractivity contribution in [2.24, 2.45) is 0 Å². The lowest BCUT2D eigenvalue weighted by molar-refractivity contribution is 0.133. The number of nitrogens with zero attached hydrogens (tertiary/aromatic N) is 1. The van der Waals surface area contributed by atoms with E-state index in [1.54, 1.807) is 11.3 Å². The van der Waals surface area contributed by atoms with E-state index in [0.29, 0.717) is 0 Å². The summed E-state index contributed by atoms with van der Waals surface area (Å²) in [5.41, 5.74) is 3.07. The maximum atomic E-state index is 5.65. The minimum atomic E-state index is 0.830. The molecule has 1 aromatic heterocycles. The molecule has 0 radical (unpaired) electrons. The lowest BCUT2D eigenvalue weighted by Gasteiger charge is -2.04. The van der Waals surface area contributed by atoms with Crippen molar-refractivity contribution < 1.29 is 4.74 Å². The molecule has 1 rings (SSSR count). The van der Waals surface area contributed by atoms with Gasteiger partial charge in [0.1, 0.15) is 0 Å². The monoisotopic (exact) mass is 270 g/mol. The van der Waals surface area contributed by atoms with Crippen molar-refractivity contribution >= 4 is 11.3 Å². The van der Waals surface area contributed by atoms with Gasteiger partial charge in [0.15, 0.2) is 0 Å². The van der Waals surface area contributed by atoms with Crippen LogP contribution in [0.25, 0.3) is 0 Å². The summed E-state index contributed by atoms with van der Waals surface area (Å²) >= 11 is 1.73. The molecule has 0 bridgehead atoms. The van der Waals surface area contributed by atoms with Gasteiger partial charge < -0.3 is 10.1 Å². The number of ether oxygens (including phenoxy) is 1. The van der Waals surface area contributed by atoms with E-state index in [4.69, 9.17) is 4.74 Å². The van der Waals surface area contributed by atoms with Crippen LogP contribution in [0.15, 0.2) is 5.51 Å². The molecule has 0 aliphatic heterocycles. The van der Waals surface area contributed by atoms with Crippen LogP contribution in [0.2, 0.25) is 0 Å². The molecule has 0 aromatic carbocycles. The van der Waals surface area contributed by atoms with Crippen LogP contribution in [0, 0.1) is 6.92 Å². The van der Waals surface area contributed by atoms with E-state index in [0.717, 1.165) is 38.4 Å². The number of hydrogen-bond acceptors (Lipinski definition) is 4. The Balaban J connectivity index is 1.83. The van der Waals surface area contributed by atoms with Crippen molar-refractivity contribution in [3.63, 3.8) is 0 Å². The Kier molecular flexibility index (Phi) is 9.08. The molecule has 0 amide bonds. The van der Waals surface area contributed by atoms with Gasteiger partial charge in [-0.2, -0.15) is 0 Å². The SMILES string of the molecule is CCCNCCCCCOCCc1scnc1C. The Morgan fingerprint density at radius 2 is 2.11 bits per heavy atom. The average Bonchev–Trinajstić information content (AvgIpc) is 2.77. The van der Waals surface area contributed by atoms with Gasteiger partial charge in [-0.1, -0.05) is 6.92 Å². The van der Waals surface area contributed by atoms with E-state index in [9.17, 15) is 0 Å². The fourth-order valence-electron chi connectivity index (χ4n) is 1.77. The molecule has 1 aromatic rings. The zero-order valence-corrected chi connectivity index (χ0v) is 12.5. The standard InChI is InChI=1S/C14H26N2OS/c1-3-8-15-9-5-4-6-10-17-11-7-14-13(2)16-12-18-14/h12,15H,3-11H2,1-2H3. The molecule has 0 spiro atoms. The summed E-state index contributed by atoms with van der Waals surface area (Å²) < 4.78 is 5.65. The third-order valence-corrected chi connectivity index (χ3v) is 3.88. The molecule has 0 saturated heterocycles. The Hall–Kier alpha value is -0.450. The third kappa shape index (κ3) is 7.09. The van der Waals surface area contributed by atoms with Crippen molar-refractivity contribution in [1.82, 2.24) is 10.3 Å². The summed E-state index contributed by atoms with van der Waals surface area (Å²) in [4.78, 5) is 5.60. The van der Waals surface area contributed by atoms with E-state index in [2.05, 4.69) is 24.1 Å². The second-order valence-corrected chi connectivity index (χ2v) is 5.47. The van der Waals surface area contributed by atoms with Gasteiger partial charge in [-0.05, 0) is 45.7 Å². The van der Waals surface area contributed by atoms with Gasteiger partial charge in [-0.15, -0.1) is 11.3 Å². The molecule has 0 saturated carbocycles. The molecular formula is C14H26N2OS. The first kappa shape index (κ1) is 15.6. The quantitative estimate of drug-likeness (QED) is 0.627. The zero-order valence-electron chi connectivity index (χ0n) is 11.7. The maximum absolute atomic E-state index is 5.65.